The highest BCUT2D eigenvalue weighted by molar-refractivity contribution is 5.80. The van der Waals surface area contributed by atoms with Crippen LogP contribution in [0.15, 0.2) is 30.5 Å². The second-order valence-corrected chi connectivity index (χ2v) is 5.94. The van der Waals surface area contributed by atoms with Crippen molar-refractivity contribution in [3.05, 3.63) is 36.0 Å². The quantitative estimate of drug-likeness (QED) is 0.836. The smallest absolute Gasteiger partial charge is 0.0480 e. The summed E-state index contributed by atoms with van der Waals surface area (Å²) in [4.78, 5) is 4.91. The number of hydrogen-bond acceptors (Lipinski definition) is 2. The van der Waals surface area contributed by atoms with Gasteiger partial charge in [-0.3, -0.25) is 4.90 Å². The molecule has 0 aliphatic carbocycles. The van der Waals surface area contributed by atoms with E-state index >= 15 is 0 Å². The lowest BCUT2D eigenvalue weighted by atomic mass is 10.1. The van der Waals surface area contributed by atoms with Gasteiger partial charge in [0.05, 0.1) is 0 Å². The standard InChI is InChI=1S/C16H23N3/c1-17-8-7-15(12-17)19(3)11-13-4-5-14-6-9-18(2)16(14)10-13/h4-6,9-10,15H,7-8,11-12H2,1-3H3. The number of hydrogen-bond donors (Lipinski definition) is 0. The Hall–Kier alpha value is -1.32. The lowest BCUT2D eigenvalue weighted by molar-refractivity contribution is 0.234. The van der Waals surface area contributed by atoms with Gasteiger partial charge in [-0.25, -0.2) is 0 Å². The largest absolute Gasteiger partial charge is 0.351 e. The van der Waals surface area contributed by atoms with Gasteiger partial charge in [0.1, 0.15) is 0 Å². The molecule has 1 atom stereocenters. The number of nitrogens with zero attached hydrogens (tertiary/aromatic N) is 3. The number of aryl methyl sites for hydroxylation is 1. The molecule has 3 nitrogen and oxygen atoms in total. The predicted molar refractivity (Wildman–Crippen MR) is 80.3 cm³/mol. The summed E-state index contributed by atoms with van der Waals surface area (Å²) in [6.07, 6.45) is 3.42. The topological polar surface area (TPSA) is 11.4 Å². The van der Waals surface area contributed by atoms with E-state index in [2.05, 4.69) is 66.0 Å². The Morgan fingerprint density at radius 3 is 2.84 bits per heavy atom. The van der Waals surface area contributed by atoms with Gasteiger partial charge in [0.15, 0.2) is 0 Å². The number of rotatable bonds is 3. The van der Waals surface area contributed by atoms with Crippen LogP contribution in [0.1, 0.15) is 12.0 Å². The Bertz CT molecular complexity index is 572. The Balaban J connectivity index is 1.75. The minimum Gasteiger partial charge on any atom is -0.351 e. The van der Waals surface area contributed by atoms with Crippen LogP contribution < -0.4 is 0 Å². The van der Waals surface area contributed by atoms with Crippen LogP contribution in [0.2, 0.25) is 0 Å². The van der Waals surface area contributed by atoms with E-state index < -0.39 is 0 Å². The van der Waals surface area contributed by atoms with Crippen LogP contribution in [-0.2, 0) is 13.6 Å². The molecule has 1 aromatic heterocycles. The van der Waals surface area contributed by atoms with E-state index in [9.17, 15) is 0 Å². The maximum Gasteiger partial charge on any atom is 0.0480 e. The van der Waals surface area contributed by atoms with Crippen molar-refractivity contribution in [1.29, 1.82) is 0 Å². The molecule has 1 fully saturated rings. The Morgan fingerprint density at radius 1 is 1.26 bits per heavy atom. The summed E-state index contributed by atoms with van der Waals surface area (Å²) in [5, 5.41) is 1.33. The highest BCUT2D eigenvalue weighted by Gasteiger charge is 2.23. The molecule has 0 amide bonds. The van der Waals surface area contributed by atoms with Crippen molar-refractivity contribution >= 4 is 10.9 Å². The molecule has 0 radical (unpaired) electrons. The molecule has 0 saturated carbocycles. The van der Waals surface area contributed by atoms with Crippen LogP contribution >= 0.6 is 0 Å². The summed E-state index contributed by atoms with van der Waals surface area (Å²) < 4.78 is 2.20. The monoisotopic (exact) mass is 257 g/mol. The lowest BCUT2D eigenvalue weighted by Crippen LogP contribution is -2.33. The van der Waals surface area contributed by atoms with Gasteiger partial charge in [0, 0.05) is 37.9 Å². The van der Waals surface area contributed by atoms with Crippen LogP contribution in [0.3, 0.4) is 0 Å². The molecule has 1 aliphatic rings. The van der Waals surface area contributed by atoms with E-state index in [0.29, 0.717) is 6.04 Å². The summed E-state index contributed by atoms with van der Waals surface area (Å²) >= 11 is 0. The third kappa shape index (κ3) is 2.53. The van der Waals surface area contributed by atoms with E-state index in [1.54, 1.807) is 0 Å². The first kappa shape index (κ1) is 12.7. The third-order valence-electron chi connectivity index (χ3n) is 4.37. The van der Waals surface area contributed by atoms with Crippen LogP contribution in [0.5, 0.6) is 0 Å². The zero-order chi connectivity index (χ0) is 13.4. The predicted octanol–water partition coefficient (Wildman–Crippen LogP) is 2.31. The van der Waals surface area contributed by atoms with Gasteiger partial charge in [-0.15, -0.1) is 0 Å². The van der Waals surface area contributed by atoms with E-state index in [-0.39, 0.29) is 0 Å². The van der Waals surface area contributed by atoms with Crippen LogP contribution in [0.4, 0.5) is 0 Å². The Kier molecular flexibility index (Phi) is 3.33. The van der Waals surface area contributed by atoms with Crippen LogP contribution in [0, 0.1) is 0 Å². The Morgan fingerprint density at radius 2 is 2.11 bits per heavy atom. The van der Waals surface area contributed by atoms with Gasteiger partial charge in [-0.2, -0.15) is 0 Å². The SMILES string of the molecule is CN1CCC(N(C)Cc2ccc3ccn(C)c3c2)C1. The molecule has 3 rings (SSSR count). The molecule has 2 aromatic rings. The number of aromatic nitrogens is 1. The molecule has 1 unspecified atom stereocenters. The van der Waals surface area contributed by atoms with Gasteiger partial charge >= 0.3 is 0 Å². The maximum atomic E-state index is 2.49. The van der Waals surface area contributed by atoms with Crippen molar-refractivity contribution in [2.45, 2.75) is 19.0 Å². The summed E-state index contributed by atoms with van der Waals surface area (Å²) in [5.74, 6) is 0. The van der Waals surface area contributed by atoms with Gasteiger partial charge in [-0.1, -0.05) is 12.1 Å². The molecule has 0 bridgehead atoms. The molecule has 1 aliphatic heterocycles. The number of benzene rings is 1. The zero-order valence-corrected chi connectivity index (χ0v) is 12.1. The maximum absolute atomic E-state index is 2.49. The fraction of sp³-hybridized carbons (Fsp3) is 0.500. The van der Waals surface area contributed by atoms with E-state index in [1.165, 1.54) is 36.0 Å². The first-order valence-electron chi connectivity index (χ1n) is 7.06. The number of fused-ring (bicyclic) bond motifs is 1. The molecule has 102 valence electrons. The van der Waals surface area contributed by atoms with Gasteiger partial charge in [0.25, 0.3) is 0 Å². The first-order valence-corrected chi connectivity index (χ1v) is 7.06. The number of likely N-dealkylation sites (N-methyl/N-ethyl adjacent to an activating group) is 2. The van der Waals surface area contributed by atoms with Crippen molar-refractivity contribution in [2.75, 3.05) is 27.2 Å². The second-order valence-electron chi connectivity index (χ2n) is 5.94. The van der Waals surface area contributed by atoms with Gasteiger partial charge < -0.3 is 9.47 Å². The lowest BCUT2D eigenvalue weighted by Gasteiger charge is -2.24. The average Bonchev–Trinajstić information content (AvgIpc) is 2.97. The first-order chi connectivity index (χ1) is 9.13. The molecular formula is C16H23N3. The summed E-state index contributed by atoms with van der Waals surface area (Å²) in [7, 11) is 6.57. The molecule has 1 aromatic carbocycles. The molecule has 2 heterocycles. The summed E-state index contributed by atoms with van der Waals surface area (Å²) in [5.41, 5.74) is 2.74. The fourth-order valence-electron chi connectivity index (χ4n) is 3.10. The van der Waals surface area contributed by atoms with E-state index in [1.807, 2.05) is 0 Å². The molecule has 0 N–H and O–H groups in total. The zero-order valence-electron chi connectivity index (χ0n) is 12.1. The molecule has 0 spiro atoms. The minimum absolute atomic E-state index is 0.703. The van der Waals surface area contributed by atoms with E-state index in [4.69, 9.17) is 0 Å². The Labute approximate surface area is 115 Å². The van der Waals surface area contributed by atoms with Crippen molar-refractivity contribution in [1.82, 2.24) is 14.4 Å². The third-order valence-corrected chi connectivity index (χ3v) is 4.37. The normalized spacial score (nSPS) is 20.7. The summed E-state index contributed by atoms with van der Waals surface area (Å²) in [6.45, 7) is 3.47. The second kappa shape index (κ2) is 4.99. The van der Waals surface area contributed by atoms with Crippen molar-refractivity contribution in [2.24, 2.45) is 7.05 Å². The van der Waals surface area contributed by atoms with Crippen LogP contribution in [0.25, 0.3) is 10.9 Å². The van der Waals surface area contributed by atoms with Crippen molar-refractivity contribution < 1.29 is 0 Å². The van der Waals surface area contributed by atoms with Crippen molar-refractivity contribution in [3.8, 4) is 0 Å². The molecule has 3 heteroatoms. The molecule has 19 heavy (non-hydrogen) atoms. The van der Waals surface area contributed by atoms with Gasteiger partial charge in [0.2, 0.25) is 0 Å². The molecule has 1 saturated heterocycles. The summed E-state index contributed by atoms with van der Waals surface area (Å²) in [6, 6.07) is 9.70. The number of likely N-dealkylation sites (tertiary alicyclic amines) is 1. The van der Waals surface area contributed by atoms with Gasteiger partial charge in [-0.05, 0) is 50.1 Å². The van der Waals surface area contributed by atoms with Crippen LogP contribution in [-0.4, -0.2) is 47.6 Å². The van der Waals surface area contributed by atoms with Crippen molar-refractivity contribution in [3.63, 3.8) is 0 Å². The fourth-order valence-corrected chi connectivity index (χ4v) is 3.10. The average molecular weight is 257 g/mol. The molecular weight excluding hydrogens is 234 g/mol. The van der Waals surface area contributed by atoms with E-state index in [0.717, 1.165) is 6.54 Å². The highest BCUT2D eigenvalue weighted by atomic mass is 15.2. The minimum atomic E-state index is 0.703. The highest BCUT2D eigenvalue weighted by Crippen LogP contribution is 2.19.